The number of hydrogen-bond donors (Lipinski definition) is 0. The standard InChI is InChI=1S/C7H5F2.ClH.Zn/c1-5-2-6(8)4-7(9)3-5;;/h2-4H,1H2;1H;. The Balaban J connectivity index is 0.000001000. The molecule has 0 radical (unpaired) electrons. The summed E-state index contributed by atoms with van der Waals surface area (Å²) < 4.78 is 24.8. The van der Waals surface area contributed by atoms with Gasteiger partial charge < -0.3 is 0 Å². The number of rotatable bonds is 1. The minimum atomic E-state index is -0.483. The molecule has 1 rings (SSSR count). The Morgan fingerprint density at radius 3 is 1.91 bits per heavy atom. The molecule has 0 unspecified atom stereocenters. The minimum absolute atomic E-state index is 0. The Morgan fingerprint density at radius 2 is 1.55 bits per heavy atom. The molecule has 0 heterocycles. The van der Waals surface area contributed by atoms with E-state index < -0.39 is 11.6 Å². The first kappa shape index (κ1) is 11.0. The van der Waals surface area contributed by atoms with Crippen molar-refractivity contribution in [3.8, 4) is 0 Å². The summed E-state index contributed by atoms with van der Waals surface area (Å²) in [5.41, 5.74) is 0.748. The third-order valence-corrected chi connectivity index (χ3v) is 2.42. The molecule has 0 aliphatic rings. The molecule has 0 saturated heterocycles. The van der Waals surface area contributed by atoms with Crippen LogP contribution in [0.15, 0.2) is 18.2 Å². The molecular weight excluding hydrogens is 223 g/mol. The molecule has 0 amide bonds. The molecule has 0 aliphatic heterocycles. The van der Waals surface area contributed by atoms with Crippen LogP contribution in [0, 0.1) is 11.6 Å². The van der Waals surface area contributed by atoms with E-state index in [2.05, 4.69) is 0 Å². The van der Waals surface area contributed by atoms with E-state index in [-0.39, 0.29) is 12.4 Å². The summed E-state index contributed by atoms with van der Waals surface area (Å²) in [5, 5.41) is 0.786. The van der Waals surface area contributed by atoms with Crippen LogP contribution in [0.4, 0.5) is 8.78 Å². The van der Waals surface area contributed by atoms with E-state index in [0.717, 1.165) is 34.9 Å². The molecule has 0 aromatic heterocycles. The fraction of sp³-hybridized carbons (Fsp3) is 0.143. The first-order valence-electron chi connectivity index (χ1n) is 2.96. The zero-order chi connectivity index (χ0) is 7.56. The molecule has 0 atom stereocenters. The molecule has 0 fully saturated rings. The molecule has 0 spiro atoms. The van der Waals surface area contributed by atoms with Crippen molar-refractivity contribution in [3.63, 3.8) is 0 Å². The van der Waals surface area contributed by atoms with Gasteiger partial charge in [-0.25, -0.2) is 0 Å². The van der Waals surface area contributed by atoms with Gasteiger partial charge in [-0.1, -0.05) is 0 Å². The van der Waals surface area contributed by atoms with E-state index in [1.807, 2.05) is 0 Å². The molecule has 11 heavy (non-hydrogen) atoms. The predicted octanol–water partition coefficient (Wildman–Crippen LogP) is 2.43. The van der Waals surface area contributed by atoms with Crippen molar-refractivity contribution in [1.82, 2.24) is 0 Å². The monoisotopic (exact) mass is 227 g/mol. The summed E-state index contributed by atoms with van der Waals surface area (Å²) in [7, 11) is 0. The van der Waals surface area contributed by atoms with Crippen LogP contribution in [0.25, 0.3) is 0 Å². The summed E-state index contributed by atoms with van der Waals surface area (Å²) in [6, 6.07) is 3.62. The van der Waals surface area contributed by atoms with Gasteiger partial charge in [0, 0.05) is 0 Å². The SMILES string of the molecule is Cl.Fc1cc(F)cc([CH2][Zn])c1. The average molecular weight is 229 g/mol. The molecule has 1 aromatic rings. The van der Waals surface area contributed by atoms with E-state index in [4.69, 9.17) is 0 Å². The zero-order valence-corrected chi connectivity index (χ0v) is 9.59. The predicted molar refractivity (Wildman–Crippen MR) is 37.3 cm³/mol. The van der Waals surface area contributed by atoms with E-state index >= 15 is 0 Å². The van der Waals surface area contributed by atoms with Crippen molar-refractivity contribution < 1.29 is 27.1 Å². The summed E-state index contributed by atoms with van der Waals surface area (Å²) >= 11 is 1.03. The molecule has 0 aliphatic carbocycles. The Bertz CT molecular complexity index is 220. The van der Waals surface area contributed by atoms with Crippen LogP contribution in [0.1, 0.15) is 5.56 Å². The van der Waals surface area contributed by atoms with Crippen molar-refractivity contribution in [1.29, 1.82) is 0 Å². The summed E-state index contributed by atoms with van der Waals surface area (Å²) in [6.07, 6.45) is 0. The molecule has 0 N–H and O–H groups in total. The van der Waals surface area contributed by atoms with Crippen LogP contribution in [-0.2, 0) is 23.3 Å². The van der Waals surface area contributed by atoms with Crippen LogP contribution in [-0.4, -0.2) is 0 Å². The van der Waals surface area contributed by atoms with Gasteiger partial charge >= 0.3 is 67.5 Å². The van der Waals surface area contributed by atoms with Crippen LogP contribution < -0.4 is 0 Å². The van der Waals surface area contributed by atoms with E-state index in [9.17, 15) is 8.78 Å². The van der Waals surface area contributed by atoms with Gasteiger partial charge in [-0.15, -0.1) is 12.4 Å². The second-order valence-electron chi connectivity index (χ2n) is 2.03. The number of halogens is 3. The molecular formula is C7H6ClF2Zn. The molecule has 1 aromatic carbocycles. The van der Waals surface area contributed by atoms with Crippen molar-refractivity contribution in [2.45, 2.75) is 5.02 Å². The van der Waals surface area contributed by atoms with Crippen LogP contribution >= 0.6 is 12.4 Å². The maximum atomic E-state index is 12.4. The Kier molecular flexibility index (Phi) is 4.78. The number of benzene rings is 1. The average Bonchev–Trinajstić information content (AvgIpc) is 1.85. The third-order valence-electron chi connectivity index (χ3n) is 1.21. The van der Waals surface area contributed by atoms with Crippen LogP contribution in [0.5, 0.6) is 0 Å². The van der Waals surface area contributed by atoms with E-state index in [0.29, 0.717) is 0 Å². The third kappa shape index (κ3) is 3.26. The van der Waals surface area contributed by atoms with Gasteiger partial charge in [-0.2, -0.15) is 0 Å². The first-order chi connectivity index (χ1) is 4.72. The van der Waals surface area contributed by atoms with Crippen LogP contribution in [0.3, 0.4) is 0 Å². The quantitative estimate of drug-likeness (QED) is 0.648. The zero-order valence-electron chi connectivity index (χ0n) is 5.81. The molecule has 57 valence electrons. The first-order valence-corrected chi connectivity index (χ1v) is 5.06. The number of hydrogen-bond acceptors (Lipinski definition) is 0. The van der Waals surface area contributed by atoms with Crippen molar-refractivity contribution in [2.75, 3.05) is 0 Å². The van der Waals surface area contributed by atoms with Gasteiger partial charge in [0.25, 0.3) is 0 Å². The normalized spacial score (nSPS) is 9.09. The fourth-order valence-corrected chi connectivity index (χ4v) is 1.36. The Labute approximate surface area is 80.1 Å². The van der Waals surface area contributed by atoms with E-state index in [1.165, 1.54) is 12.1 Å². The van der Waals surface area contributed by atoms with Gasteiger partial charge in [0.15, 0.2) is 0 Å². The fourth-order valence-electron chi connectivity index (χ4n) is 0.755. The van der Waals surface area contributed by atoms with Crippen LogP contribution in [0.2, 0.25) is 0 Å². The van der Waals surface area contributed by atoms with Gasteiger partial charge in [0.1, 0.15) is 0 Å². The van der Waals surface area contributed by atoms with Gasteiger partial charge in [-0.05, 0) is 0 Å². The molecule has 0 nitrogen and oxygen atoms in total. The van der Waals surface area contributed by atoms with E-state index in [1.54, 1.807) is 0 Å². The van der Waals surface area contributed by atoms with Crippen molar-refractivity contribution in [3.05, 3.63) is 35.4 Å². The second-order valence-corrected chi connectivity index (χ2v) is 3.08. The van der Waals surface area contributed by atoms with Gasteiger partial charge in [0.05, 0.1) is 0 Å². The van der Waals surface area contributed by atoms with Crippen molar-refractivity contribution in [2.24, 2.45) is 0 Å². The molecule has 0 bridgehead atoms. The molecule has 4 heteroatoms. The Hall–Kier alpha value is -0.00662. The summed E-state index contributed by atoms with van der Waals surface area (Å²) in [5.74, 6) is -0.966. The van der Waals surface area contributed by atoms with Gasteiger partial charge in [-0.3, -0.25) is 0 Å². The Morgan fingerprint density at radius 1 is 1.09 bits per heavy atom. The summed E-state index contributed by atoms with van der Waals surface area (Å²) in [4.78, 5) is 0. The second kappa shape index (κ2) is 4.79. The molecule has 0 saturated carbocycles. The summed E-state index contributed by atoms with van der Waals surface area (Å²) in [6.45, 7) is 0. The maximum absolute atomic E-state index is 12.4. The topological polar surface area (TPSA) is 0 Å². The van der Waals surface area contributed by atoms with Crippen molar-refractivity contribution >= 4 is 12.4 Å². The van der Waals surface area contributed by atoms with Gasteiger partial charge in [0.2, 0.25) is 0 Å².